The van der Waals surface area contributed by atoms with Crippen molar-refractivity contribution in [1.29, 1.82) is 0 Å². The summed E-state index contributed by atoms with van der Waals surface area (Å²) in [5.41, 5.74) is 29.9. The molecule has 3 nitrogen and oxygen atoms in total. The van der Waals surface area contributed by atoms with E-state index in [-0.39, 0.29) is 21.7 Å². The largest absolute Gasteiger partial charge is 0.456 e. The summed E-state index contributed by atoms with van der Waals surface area (Å²) in [7, 11) is 0. The van der Waals surface area contributed by atoms with Crippen molar-refractivity contribution in [3.63, 3.8) is 0 Å². The molecule has 0 bridgehead atoms. The van der Waals surface area contributed by atoms with Crippen LogP contribution in [0.5, 0.6) is 0 Å². The Kier molecular flexibility index (Phi) is 18.3. The Morgan fingerprint density at radius 3 is 1.34 bits per heavy atom. The highest BCUT2D eigenvalue weighted by Crippen LogP contribution is 2.66. The molecule has 2 heterocycles. The lowest BCUT2D eigenvalue weighted by Gasteiger charge is -2.35. The molecule has 0 aliphatic heterocycles. The smallest absolute Gasteiger partial charge is 0.144 e. The van der Waals surface area contributed by atoms with E-state index in [1.807, 2.05) is 0 Å². The minimum atomic E-state index is -0.325. The van der Waals surface area contributed by atoms with Crippen LogP contribution in [0.15, 0.2) is 173 Å². The molecule has 0 saturated heterocycles. The highest BCUT2D eigenvalue weighted by molar-refractivity contribution is 6.21. The van der Waals surface area contributed by atoms with Gasteiger partial charge in [-0.1, -0.05) is 307 Å². The van der Waals surface area contributed by atoms with E-state index in [9.17, 15) is 0 Å². The number of anilines is 3. The van der Waals surface area contributed by atoms with Gasteiger partial charge in [-0.3, -0.25) is 0 Å². The third kappa shape index (κ3) is 11.0. The molecule has 0 saturated carbocycles. The zero-order chi connectivity index (χ0) is 66.5. The zero-order valence-corrected chi connectivity index (χ0v) is 60.2. The Hall–Kier alpha value is -7.62. The van der Waals surface area contributed by atoms with E-state index in [1.165, 1.54) is 272 Å². The number of hydrogen-bond donors (Lipinski definition) is 0. The molecule has 9 aromatic carbocycles. The number of benzene rings is 9. The predicted octanol–water partition coefficient (Wildman–Crippen LogP) is 29.1. The van der Waals surface area contributed by atoms with Gasteiger partial charge in [0.2, 0.25) is 0 Å². The maximum atomic E-state index is 7.13. The summed E-state index contributed by atoms with van der Waals surface area (Å²) < 4.78 is 14.1. The Bertz CT molecular complexity index is 4640. The van der Waals surface area contributed by atoms with E-state index >= 15 is 0 Å². The van der Waals surface area contributed by atoms with Gasteiger partial charge in [-0.15, -0.1) is 0 Å². The summed E-state index contributed by atoms with van der Waals surface area (Å²) in [6.07, 6.45) is 35.7. The van der Waals surface area contributed by atoms with Crippen LogP contribution < -0.4 is 4.90 Å². The molecule has 0 amide bonds. The van der Waals surface area contributed by atoms with Crippen molar-refractivity contribution in [2.75, 3.05) is 4.90 Å². The fourth-order valence-corrected chi connectivity index (χ4v) is 19.7. The summed E-state index contributed by atoms with van der Waals surface area (Å²) in [6.45, 7) is 19.4. The second-order valence-corrected chi connectivity index (χ2v) is 31.4. The molecule has 0 fully saturated rings. The van der Waals surface area contributed by atoms with Crippen LogP contribution in [0.2, 0.25) is 0 Å². The molecule has 3 heteroatoms. The van der Waals surface area contributed by atoms with E-state index in [0.717, 1.165) is 35.2 Å². The third-order valence-electron chi connectivity index (χ3n) is 24.6. The Morgan fingerprint density at radius 1 is 0.289 bits per heavy atom. The fraction of sp³-hybridized carbons (Fsp3) is 0.426. The second-order valence-electron chi connectivity index (χ2n) is 31.4. The van der Waals surface area contributed by atoms with E-state index in [0.29, 0.717) is 0 Å². The summed E-state index contributed by atoms with van der Waals surface area (Å²) in [5, 5.41) is 5.04. The van der Waals surface area contributed by atoms with Crippen LogP contribution in [0.25, 0.3) is 88.4 Å². The van der Waals surface area contributed by atoms with Crippen LogP contribution >= 0.6 is 0 Å². The predicted molar refractivity (Wildman–Crippen MR) is 415 cm³/mol. The van der Waals surface area contributed by atoms with Crippen LogP contribution in [-0.2, 0) is 21.7 Å². The second kappa shape index (κ2) is 27.2. The summed E-state index contributed by atoms with van der Waals surface area (Å²) in [4.78, 5) is 2.62. The normalized spacial score (nSPS) is 15.3. The van der Waals surface area contributed by atoms with E-state index in [4.69, 9.17) is 8.83 Å². The standard InChI is InChI=1S/C94H107NO2/c1-9-13-17-21-25-38-56-93(57-39-26-22-18-14-10-2)75-54-55-82-84(70-45-33-36-48-80(70)96-82)83(75)73-63-78-72(62-79(73)93)67-52-50-66(61-77(67)94(78,58-40-27-23-19-15-11-3)59-41-28-24-20-16-12-4)95(64-42-30-29-31-43-64)65-51-53-69-76(60-65)92(7,8)88-85(69)86-71-46-34-37-49-81(71)97-90(86)87-68-44-32-35-47-74(68)91(5,6)89(87)88/h29-37,42-55,60-63H,9-28,38-41,56-59H2,1-8H3. The Labute approximate surface area is 580 Å². The molecule has 2 aromatic heterocycles. The van der Waals surface area contributed by atoms with Crippen LogP contribution in [0.3, 0.4) is 0 Å². The summed E-state index contributed by atoms with van der Waals surface area (Å²) >= 11 is 0. The molecule has 0 atom stereocenters. The number of para-hydroxylation sites is 3. The molecule has 0 radical (unpaired) electrons. The zero-order valence-electron chi connectivity index (χ0n) is 60.2. The first kappa shape index (κ1) is 65.3. The van der Waals surface area contributed by atoms with Gasteiger partial charge < -0.3 is 13.7 Å². The average molecular weight is 1280 g/mol. The lowest BCUT2D eigenvalue weighted by atomic mass is 9.68. The topological polar surface area (TPSA) is 29.5 Å². The number of rotatable bonds is 31. The number of unbranched alkanes of at least 4 members (excludes halogenated alkanes) is 20. The first-order valence-corrected chi connectivity index (χ1v) is 38.9. The van der Waals surface area contributed by atoms with Crippen molar-refractivity contribution in [2.24, 2.45) is 0 Å². The maximum absolute atomic E-state index is 7.13. The van der Waals surface area contributed by atoms with Crippen LogP contribution in [0, 0.1) is 0 Å². The van der Waals surface area contributed by atoms with E-state index < -0.39 is 0 Å². The first-order valence-electron chi connectivity index (χ1n) is 38.9. The lowest BCUT2D eigenvalue weighted by Crippen LogP contribution is -2.27. The van der Waals surface area contributed by atoms with Crippen molar-refractivity contribution in [3.8, 4) is 44.5 Å². The van der Waals surface area contributed by atoms with Gasteiger partial charge in [-0.05, 0) is 176 Å². The first-order chi connectivity index (χ1) is 47.5. The molecule has 0 unspecified atom stereocenters. The molecule has 500 valence electrons. The highest BCUT2D eigenvalue weighted by atomic mass is 16.3. The molecule has 4 aliphatic carbocycles. The van der Waals surface area contributed by atoms with Gasteiger partial charge in [0.05, 0.1) is 0 Å². The number of hydrogen-bond acceptors (Lipinski definition) is 3. The van der Waals surface area contributed by atoms with Gasteiger partial charge in [-0.25, -0.2) is 0 Å². The van der Waals surface area contributed by atoms with E-state index in [2.05, 4.69) is 224 Å². The Morgan fingerprint density at radius 2 is 0.732 bits per heavy atom. The van der Waals surface area contributed by atoms with Gasteiger partial charge in [0.25, 0.3) is 0 Å². The fourth-order valence-electron chi connectivity index (χ4n) is 19.7. The van der Waals surface area contributed by atoms with Crippen molar-refractivity contribution in [2.45, 2.75) is 257 Å². The van der Waals surface area contributed by atoms with Crippen LogP contribution in [0.4, 0.5) is 17.1 Å². The number of nitrogens with zero attached hydrogens (tertiary/aromatic N) is 1. The molecule has 4 aliphatic rings. The third-order valence-corrected chi connectivity index (χ3v) is 24.6. The minimum absolute atomic E-state index is 0.0902. The quantitative estimate of drug-likeness (QED) is 0.0406. The molecular weight excluding hydrogens is 1180 g/mol. The van der Waals surface area contributed by atoms with Crippen molar-refractivity contribution < 1.29 is 8.83 Å². The number of furan rings is 2. The van der Waals surface area contributed by atoms with Crippen LogP contribution in [-0.4, -0.2) is 0 Å². The number of fused-ring (bicyclic) bond motifs is 22. The van der Waals surface area contributed by atoms with Crippen LogP contribution in [0.1, 0.15) is 280 Å². The van der Waals surface area contributed by atoms with Gasteiger partial charge in [0.15, 0.2) is 0 Å². The maximum Gasteiger partial charge on any atom is 0.144 e. The van der Waals surface area contributed by atoms with Gasteiger partial charge in [-0.2, -0.15) is 0 Å². The Balaban J connectivity index is 0.928. The highest BCUT2D eigenvalue weighted by Gasteiger charge is 2.51. The summed E-state index contributed by atoms with van der Waals surface area (Å²) in [6, 6.07) is 64.3. The summed E-state index contributed by atoms with van der Waals surface area (Å²) in [5.74, 6) is 0. The average Bonchev–Trinajstić information content (AvgIpc) is 1.51. The van der Waals surface area contributed by atoms with Crippen molar-refractivity contribution >= 4 is 60.9 Å². The van der Waals surface area contributed by atoms with E-state index in [1.54, 1.807) is 22.3 Å². The monoisotopic (exact) mass is 1280 g/mol. The van der Waals surface area contributed by atoms with Gasteiger partial charge >= 0.3 is 0 Å². The molecule has 0 N–H and O–H groups in total. The van der Waals surface area contributed by atoms with Crippen molar-refractivity contribution in [1.82, 2.24) is 0 Å². The molecular formula is C94H107NO2. The lowest BCUT2D eigenvalue weighted by molar-refractivity contribution is 0.394. The van der Waals surface area contributed by atoms with Gasteiger partial charge in [0.1, 0.15) is 22.3 Å². The SMILES string of the molecule is CCCCCCCCC1(CCCCCCCC)c2cc(N(c3ccccc3)c3ccc4c(c3)C(C)(C)c3c5c(c6oc7ccccc7c6c3-4)-c3ccccc3C5(C)C)ccc2-c2cc3c(cc21)-c1c(ccc2oc4ccccc4c12)C3(CCCCCCCC)CCCCCCCC. The molecule has 15 rings (SSSR count). The van der Waals surface area contributed by atoms with Crippen molar-refractivity contribution in [3.05, 3.63) is 208 Å². The van der Waals surface area contributed by atoms with Gasteiger partial charge in [0, 0.05) is 65.8 Å². The minimum Gasteiger partial charge on any atom is -0.456 e. The molecule has 11 aromatic rings. The molecule has 0 spiro atoms. The molecule has 97 heavy (non-hydrogen) atoms.